The molecule has 0 heterocycles. The molecule has 3 N–H and O–H groups in total. The summed E-state index contributed by atoms with van der Waals surface area (Å²) in [6, 6.07) is 12.2. The van der Waals surface area contributed by atoms with Gasteiger partial charge >= 0.3 is 0 Å². The Bertz CT molecular complexity index is 667. The zero-order valence-electron chi connectivity index (χ0n) is 13.2. The van der Waals surface area contributed by atoms with Crippen molar-refractivity contribution in [3.05, 3.63) is 59.2 Å². The molecule has 0 saturated carbocycles. The standard InChI is InChI=1S/C18H21NO4/c1-12-3-6-14(7-4-12)17(21)18(22)19-10-9-13-5-8-15(20)16(11-13)23-2/h3-8,11,17,20-21H,9-10H2,1-2H3,(H,19,22)/t17-/m0/s1. The van der Waals surface area contributed by atoms with Crippen molar-refractivity contribution < 1.29 is 19.7 Å². The van der Waals surface area contributed by atoms with Gasteiger partial charge in [0.2, 0.25) is 0 Å². The van der Waals surface area contributed by atoms with Crippen LogP contribution in [0.4, 0.5) is 0 Å². The highest BCUT2D eigenvalue weighted by Gasteiger charge is 2.16. The summed E-state index contributed by atoms with van der Waals surface area (Å²) in [5, 5.41) is 22.3. The number of ether oxygens (including phenoxy) is 1. The minimum atomic E-state index is -1.18. The lowest BCUT2D eigenvalue weighted by Gasteiger charge is -2.12. The molecule has 1 atom stereocenters. The fourth-order valence-electron chi connectivity index (χ4n) is 2.20. The van der Waals surface area contributed by atoms with Crippen LogP contribution < -0.4 is 10.1 Å². The van der Waals surface area contributed by atoms with Gasteiger partial charge in [-0.05, 0) is 36.6 Å². The number of rotatable bonds is 6. The third kappa shape index (κ3) is 4.47. The number of carbonyl (C=O) groups excluding carboxylic acids is 1. The van der Waals surface area contributed by atoms with E-state index in [-0.39, 0.29) is 5.75 Å². The van der Waals surface area contributed by atoms with Crippen molar-refractivity contribution in [2.75, 3.05) is 13.7 Å². The molecule has 2 rings (SSSR count). The smallest absolute Gasteiger partial charge is 0.253 e. The number of aryl methyl sites for hydroxylation is 1. The fraction of sp³-hybridized carbons (Fsp3) is 0.278. The van der Waals surface area contributed by atoms with E-state index < -0.39 is 12.0 Å². The number of carbonyl (C=O) groups is 1. The van der Waals surface area contributed by atoms with Gasteiger partial charge in [-0.2, -0.15) is 0 Å². The van der Waals surface area contributed by atoms with Gasteiger partial charge in [0, 0.05) is 6.54 Å². The predicted molar refractivity (Wildman–Crippen MR) is 87.5 cm³/mol. The number of methoxy groups -OCH3 is 1. The number of phenolic OH excluding ortho intramolecular Hbond substituents is 1. The Morgan fingerprint density at radius 2 is 1.91 bits per heavy atom. The Balaban J connectivity index is 1.88. The average molecular weight is 315 g/mol. The molecule has 0 fully saturated rings. The molecule has 23 heavy (non-hydrogen) atoms. The van der Waals surface area contributed by atoms with E-state index in [1.54, 1.807) is 30.3 Å². The Morgan fingerprint density at radius 3 is 2.57 bits per heavy atom. The van der Waals surface area contributed by atoms with Crippen LogP contribution in [-0.2, 0) is 11.2 Å². The minimum Gasteiger partial charge on any atom is -0.504 e. The molecular weight excluding hydrogens is 294 g/mol. The normalized spacial score (nSPS) is 11.8. The molecule has 0 aliphatic heterocycles. The maximum Gasteiger partial charge on any atom is 0.253 e. The number of hydrogen-bond acceptors (Lipinski definition) is 4. The molecule has 0 aromatic heterocycles. The number of nitrogens with one attached hydrogen (secondary N) is 1. The Hall–Kier alpha value is -2.53. The van der Waals surface area contributed by atoms with Gasteiger partial charge in [0.05, 0.1) is 7.11 Å². The van der Waals surface area contributed by atoms with E-state index in [0.717, 1.165) is 11.1 Å². The summed E-state index contributed by atoms with van der Waals surface area (Å²) in [5.74, 6) is 0.0446. The molecule has 0 bridgehead atoms. The van der Waals surface area contributed by atoms with Gasteiger partial charge in [-0.25, -0.2) is 0 Å². The average Bonchev–Trinajstić information content (AvgIpc) is 2.56. The SMILES string of the molecule is COc1cc(CCNC(=O)[C@@H](O)c2ccc(C)cc2)ccc1O. The Kier molecular flexibility index (Phi) is 5.60. The lowest BCUT2D eigenvalue weighted by molar-refractivity contribution is -0.129. The van der Waals surface area contributed by atoms with Crippen LogP contribution in [0.25, 0.3) is 0 Å². The van der Waals surface area contributed by atoms with E-state index in [4.69, 9.17) is 4.74 Å². The van der Waals surface area contributed by atoms with Crippen LogP contribution in [0.5, 0.6) is 11.5 Å². The van der Waals surface area contributed by atoms with Crippen molar-refractivity contribution in [1.29, 1.82) is 0 Å². The quantitative estimate of drug-likeness (QED) is 0.763. The summed E-state index contributed by atoms with van der Waals surface area (Å²) < 4.78 is 5.04. The molecule has 0 spiro atoms. The first-order chi connectivity index (χ1) is 11.0. The van der Waals surface area contributed by atoms with Crippen LogP contribution in [-0.4, -0.2) is 29.8 Å². The number of aliphatic hydroxyl groups excluding tert-OH is 1. The number of phenols is 1. The first kappa shape index (κ1) is 16.8. The number of amides is 1. The topological polar surface area (TPSA) is 78.8 Å². The second kappa shape index (κ2) is 7.65. The van der Waals surface area contributed by atoms with Crippen molar-refractivity contribution >= 4 is 5.91 Å². The molecule has 2 aromatic carbocycles. The Labute approximate surface area is 135 Å². The second-order valence-electron chi connectivity index (χ2n) is 5.36. The van der Waals surface area contributed by atoms with Crippen LogP contribution in [0, 0.1) is 6.92 Å². The molecule has 0 aliphatic carbocycles. The predicted octanol–water partition coefficient (Wildman–Crippen LogP) is 2.10. The highest BCUT2D eigenvalue weighted by atomic mass is 16.5. The van der Waals surface area contributed by atoms with E-state index in [1.165, 1.54) is 7.11 Å². The van der Waals surface area contributed by atoms with Gasteiger partial charge in [0.15, 0.2) is 17.6 Å². The van der Waals surface area contributed by atoms with Crippen molar-refractivity contribution in [3.63, 3.8) is 0 Å². The molecule has 0 unspecified atom stereocenters. The van der Waals surface area contributed by atoms with Gasteiger partial charge in [-0.3, -0.25) is 4.79 Å². The van der Waals surface area contributed by atoms with Gasteiger partial charge in [0.1, 0.15) is 0 Å². The first-order valence-electron chi connectivity index (χ1n) is 7.39. The molecule has 0 saturated heterocycles. The van der Waals surface area contributed by atoms with E-state index in [1.807, 2.05) is 19.1 Å². The van der Waals surface area contributed by atoms with E-state index in [2.05, 4.69) is 5.32 Å². The molecule has 1 amide bonds. The van der Waals surface area contributed by atoms with E-state index in [0.29, 0.717) is 24.3 Å². The molecule has 2 aromatic rings. The van der Waals surface area contributed by atoms with Crippen LogP contribution in [0.15, 0.2) is 42.5 Å². The third-order valence-electron chi connectivity index (χ3n) is 3.60. The van der Waals surface area contributed by atoms with E-state index in [9.17, 15) is 15.0 Å². The zero-order valence-corrected chi connectivity index (χ0v) is 13.2. The summed E-state index contributed by atoms with van der Waals surface area (Å²) in [4.78, 5) is 12.0. The fourth-order valence-corrected chi connectivity index (χ4v) is 2.20. The van der Waals surface area contributed by atoms with Crippen LogP contribution in [0.3, 0.4) is 0 Å². The highest BCUT2D eigenvalue weighted by molar-refractivity contribution is 5.81. The summed E-state index contributed by atoms with van der Waals surface area (Å²) in [7, 11) is 1.48. The van der Waals surface area contributed by atoms with Gasteiger partial charge in [-0.1, -0.05) is 35.9 Å². The molecule has 5 heteroatoms. The first-order valence-corrected chi connectivity index (χ1v) is 7.39. The summed E-state index contributed by atoms with van der Waals surface area (Å²) in [5.41, 5.74) is 2.56. The lowest BCUT2D eigenvalue weighted by Crippen LogP contribution is -2.30. The summed E-state index contributed by atoms with van der Waals surface area (Å²) >= 11 is 0. The van der Waals surface area contributed by atoms with E-state index >= 15 is 0 Å². The number of aliphatic hydroxyl groups is 1. The monoisotopic (exact) mass is 315 g/mol. The van der Waals surface area contributed by atoms with Gasteiger partial charge in [0.25, 0.3) is 5.91 Å². The van der Waals surface area contributed by atoms with Crippen LogP contribution in [0.2, 0.25) is 0 Å². The third-order valence-corrected chi connectivity index (χ3v) is 3.60. The van der Waals surface area contributed by atoms with Crippen molar-refractivity contribution in [2.45, 2.75) is 19.4 Å². The van der Waals surface area contributed by atoms with Gasteiger partial charge in [-0.15, -0.1) is 0 Å². The zero-order chi connectivity index (χ0) is 16.8. The maximum atomic E-state index is 12.0. The van der Waals surface area contributed by atoms with Crippen LogP contribution in [0.1, 0.15) is 22.8 Å². The molecular formula is C18H21NO4. The molecule has 0 radical (unpaired) electrons. The van der Waals surface area contributed by atoms with Crippen molar-refractivity contribution in [1.82, 2.24) is 5.32 Å². The van der Waals surface area contributed by atoms with Crippen molar-refractivity contribution in [3.8, 4) is 11.5 Å². The number of benzene rings is 2. The second-order valence-corrected chi connectivity index (χ2v) is 5.36. The summed E-state index contributed by atoms with van der Waals surface area (Å²) in [6.45, 7) is 2.33. The minimum absolute atomic E-state index is 0.0788. The maximum absolute atomic E-state index is 12.0. The number of aromatic hydroxyl groups is 1. The number of hydrogen-bond donors (Lipinski definition) is 3. The highest BCUT2D eigenvalue weighted by Crippen LogP contribution is 2.26. The lowest BCUT2D eigenvalue weighted by atomic mass is 10.1. The van der Waals surface area contributed by atoms with Crippen LogP contribution >= 0.6 is 0 Å². The molecule has 5 nitrogen and oxygen atoms in total. The van der Waals surface area contributed by atoms with Gasteiger partial charge < -0.3 is 20.3 Å². The molecule has 0 aliphatic rings. The molecule has 122 valence electrons. The van der Waals surface area contributed by atoms with Crippen molar-refractivity contribution in [2.24, 2.45) is 0 Å². The summed E-state index contributed by atoms with van der Waals surface area (Å²) in [6.07, 6.45) is -0.604. The largest absolute Gasteiger partial charge is 0.504 e. The Morgan fingerprint density at radius 1 is 1.22 bits per heavy atom.